The van der Waals surface area contributed by atoms with E-state index in [-0.39, 0.29) is 29.1 Å². The predicted molar refractivity (Wildman–Crippen MR) is 165 cm³/mol. The average molecular weight is 633 g/mol. The van der Waals surface area contributed by atoms with Crippen molar-refractivity contribution in [1.29, 1.82) is 0 Å². The number of anilines is 1. The Morgan fingerprint density at radius 2 is 1.62 bits per heavy atom. The number of methoxy groups -OCH3 is 1. The van der Waals surface area contributed by atoms with Crippen LogP contribution in [0.4, 0.5) is 5.69 Å². The van der Waals surface area contributed by atoms with Gasteiger partial charge >= 0.3 is 0 Å². The minimum Gasteiger partial charge on any atom is -0.497 e. The molecule has 0 radical (unpaired) electrons. The number of rotatable bonds is 11. The molecule has 0 aliphatic heterocycles. The van der Waals surface area contributed by atoms with Crippen LogP contribution in [-0.4, -0.2) is 50.9 Å². The Morgan fingerprint density at radius 3 is 2.24 bits per heavy atom. The fraction of sp³-hybridized carbons (Fsp3) is 0.355. The molecule has 1 N–H and O–H groups in total. The van der Waals surface area contributed by atoms with Gasteiger partial charge in [-0.1, -0.05) is 60.7 Å². The topological polar surface area (TPSA) is 96.0 Å². The van der Waals surface area contributed by atoms with Gasteiger partial charge in [-0.15, -0.1) is 0 Å². The smallest absolute Gasteiger partial charge is 0.264 e. The minimum atomic E-state index is -4.22. The van der Waals surface area contributed by atoms with Gasteiger partial charge in [0.25, 0.3) is 10.0 Å². The second-order valence-corrected chi connectivity index (χ2v) is 13.1. The number of halogens is 2. The lowest BCUT2D eigenvalue weighted by Crippen LogP contribution is -2.53. The summed E-state index contributed by atoms with van der Waals surface area (Å²) in [5.41, 5.74) is 0.978. The molecular weight excluding hydrogens is 597 g/mol. The van der Waals surface area contributed by atoms with Gasteiger partial charge in [-0.2, -0.15) is 0 Å². The van der Waals surface area contributed by atoms with E-state index in [9.17, 15) is 18.0 Å². The SMILES string of the molecule is COc1ccc(CN(C(=O)CN(c2cccc(Cl)c2)S(=O)(=O)c2ccc(Cl)cc2)[C@@H](C)C(=O)NC2CCCCC2)cc1. The summed E-state index contributed by atoms with van der Waals surface area (Å²) in [6.45, 7) is 1.20. The molecule has 0 spiro atoms. The van der Waals surface area contributed by atoms with E-state index in [0.717, 1.165) is 42.0 Å². The number of sulfonamides is 1. The summed E-state index contributed by atoms with van der Waals surface area (Å²) < 4.78 is 34.0. The zero-order valence-electron chi connectivity index (χ0n) is 23.6. The fourth-order valence-corrected chi connectivity index (χ4v) is 6.69. The van der Waals surface area contributed by atoms with Crippen molar-refractivity contribution in [3.05, 3.63) is 88.4 Å². The van der Waals surface area contributed by atoms with Crippen LogP contribution in [0.25, 0.3) is 0 Å². The molecule has 224 valence electrons. The van der Waals surface area contributed by atoms with Crippen LogP contribution >= 0.6 is 23.2 Å². The average Bonchev–Trinajstić information content (AvgIpc) is 2.99. The van der Waals surface area contributed by atoms with E-state index in [1.54, 1.807) is 44.4 Å². The molecule has 3 aromatic rings. The van der Waals surface area contributed by atoms with E-state index in [1.807, 2.05) is 12.1 Å². The normalized spacial score (nSPS) is 14.6. The van der Waals surface area contributed by atoms with E-state index in [2.05, 4.69) is 5.32 Å². The third-order valence-corrected chi connectivity index (χ3v) is 9.68. The van der Waals surface area contributed by atoms with Crippen molar-refractivity contribution in [3.63, 3.8) is 0 Å². The number of carbonyl (C=O) groups is 2. The lowest BCUT2D eigenvalue weighted by atomic mass is 9.95. The molecule has 3 aromatic carbocycles. The van der Waals surface area contributed by atoms with Crippen LogP contribution in [0.5, 0.6) is 5.75 Å². The minimum absolute atomic E-state index is 0.0375. The monoisotopic (exact) mass is 631 g/mol. The number of hydrogen-bond donors (Lipinski definition) is 1. The van der Waals surface area contributed by atoms with Gasteiger partial charge in [-0.3, -0.25) is 13.9 Å². The van der Waals surface area contributed by atoms with Crippen LogP contribution in [0.1, 0.15) is 44.6 Å². The van der Waals surface area contributed by atoms with Gasteiger partial charge in [0, 0.05) is 22.6 Å². The van der Waals surface area contributed by atoms with Gasteiger partial charge in [-0.25, -0.2) is 8.42 Å². The van der Waals surface area contributed by atoms with Crippen LogP contribution in [0.2, 0.25) is 10.0 Å². The maximum absolute atomic E-state index is 14.1. The van der Waals surface area contributed by atoms with Crippen molar-refractivity contribution in [2.24, 2.45) is 0 Å². The number of hydrogen-bond acceptors (Lipinski definition) is 5. The zero-order chi connectivity index (χ0) is 30.3. The third-order valence-electron chi connectivity index (χ3n) is 7.41. The molecule has 4 rings (SSSR count). The van der Waals surface area contributed by atoms with E-state index < -0.39 is 28.5 Å². The van der Waals surface area contributed by atoms with Crippen LogP contribution in [0, 0.1) is 0 Å². The van der Waals surface area contributed by atoms with Crippen molar-refractivity contribution in [2.45, 2.75) is 62.6 Å². The Kier molecular flexibility index (Phi) is 10.8. The van der Waals surface area contributed by atoms with E-state index >= 15 is 0 Å². The van der Waals surface area contributed by atoms with E-state index in [1.165, 1.54) is 35.2 Å². The Labute approximate surface area is 257 Å². The maximum atomic E-state index is 14.1. The maximum Gasteiger partial charge on any atom is 0.264 e. The van der Waals surface area contributed by atoms with Crippen LogP contribution in [-0.2, 0) is 26.2 Å². The first-order valence-corrected chi connectivity index (χ1v) is 16.0. The summed E-state index contributed by atoms with van der Waals surface area (Å²) in [5, 5.41) is 3.79. The van der Waals surface area contributed by atoms with Crippen LogP contribution < -0.4 is 14.4 Å². The fourth-order valence-electron chi connectivity index (χ4n) is 4.97. The van der Waals surface area contributed by atoms with Crippen molar-refractivity contribution < 1.29 is 22.7 Å². The summed E-state index contributed by atoms with van der Waals surface area (Å²) in [4.78, 5) is 28.9. The summed E-state index contributed by atoms with van der Waals surface area (Å²) in [6, 6.07) is 18.4. The number of amides is 2. The zero-order valence-corrected chi connectivity index (χ0v) is 26.0. The lowest BCUT2D eigenvalue weighted by Gasteiger charge is -2.33. The van der Waals surface area contributed by atoms with Gasteiger partial charge in [0.15, 0.2) is 0 Å². The number of benzene rings is 3. The summed E-state index contributed by atoms with van der Waals surface area (Å²) in [7, 11) is -2.65. The Hall–Kier alpha value is -3.27. The van der Waals surface area contributed by atoms with Gasteiger partial charge in [0.2, 0.25) is 11.8 Å². The first-order chi connectivity index (χ1) is 20.1. The molecule has 0 aromatic heterocycles. The second kappa shape index (κ2) is 14.3. The molecule has 2 amide bonds. The standard InChI is InChI=1S/C31H35Cl2N3O5S/c1-22(31(38)34-26-8-4-3-5-9-26)35(20-23-11-15-28(41-2)16-12-23)30(37)21-36(27-10-6-7-25(33)19-27)42(39,40)29-17-13-24(32)14-18-29/h6-7,10-19,22,26H,3-5,8-9,20-21H2,1-2H3,(H,34,38)/t22-/m0/s1. The molecule has 1 saturated carbocycles. The highest BCUT2D eigenvalue weighted by Crippen LogP contribution is 2.28. The Morgan fingerprint density at radius 1 is 0.952 bits per heavy atom. The van der Waals surface area contributed by atoms with E-state index in [4.69, 9.17) is 27.9 Å². The van der Waals surface area contributed by atoms with Crippen LogP contribution in [0.3, 0.4) is 0 Å². The predicted octanol–water partition coefficient (Wildman–Crippen LogP) is 6.06. The molecule has 1 aliphatic carbocycles. The van der Waals surface area contributed by atoms with Gasteiger partial charge in [0.05, 0.1) is 17.7 Å². The highest BCUT2D eigenvalue weighted by atomic mass is 35.5. The Balaban J connectivity index is 1.67. The van der Waals surface area contributed by atoms with Crippen molar-refractivity contribution >= 4 is 50.7 Å². The highest BCUT2D eigenvalue weighted by Gasteiger charge is 2.33. The molecule has 1 aliphatic rings. The van der Waals surface area contributed by atoms with Gasteiger partial charge < -0.3 is 15.0 Å². The summed E-state index contributed by atoms with van der Waals surface area (Å²) in [6.07, 6.45) is 5.03. The molecular formula is C31H35Cl2N3O5S. The molecule has 0 bridgehead atoms. The quantitative estimate of drug-likeness (QED) is 0.277. The number of nitrogens with one attached hydrogen (secondary N) is 1. The first-order valence-electron chi connectivity index (χ1n) is 13.8. The molecule has 0 heterocycles. The molecule has 8 nitrogen and oxygen atoms in total. The highest BCUT2D eigenvalue weighted by molar-refractivity contribution is 7.92. The van der Waals surface area contributed by atoms with Crippen LogP contribution in [0.15, 0.2) is 77.7 Å². The molecule has 1 fully saturated rings. The first kappa shape index (κ1) is 31.7. The van der Waals surface area contributed by atoms with E-state index in [0.29, 0.717) is 15.8 Å². The molecule has 0 saturated heterocycles. The lowest BCUT2D eigenvalue weighted by molar-refractivity contribution is -0.139. The Bertz CT molecular complexity index is 1480. The molecule has 0 unspecified atom stereocenters. The molecule has 1 atom stereocenters. The van der Waals surface area contributed by atoms with Crippen molar-refractivity contribution in [1.82, 2.24) is 10.2 Å². The van der Waals surface area contributed by atoms with Gasteiger partial charge in [0.1, 0.15) is 18.3 Å². The van der Waals surface area contributed by atoms with Crippen molar-refractivity contribution in [2.75, 3.05) is 18.0 Å². The largest absolute Gasteiger partial charge is 0.497 e. The number of nitrogens with zero attached hydrogens (tertiary/aromatic N) is 2. The number of ether oxygens (including phenoxy) is 1. The third kappa shape index (κ3) is 7.96. The number of carbonyl (C=O) groups excluding carboxylic acids is 2. The summed E-state index contributed by atoms with van der Waals surface area (Å²) in [5.74, 6) is -0.172. The van der Waals surface area contributed by atoms with Gasteiger partial charge in [-0.05, 0) is 79.9 Å². The second-order valence-electron chi connectivity index (χ2n) is 10.3. The summed E-state index contributed by atoms with van der Waals surface area (Å²) >= 11 is 12.2. The van der Waals surface area contributed by atoms with Crippen molar-refractivity contribution in [3.8, 4) is 5.75 Å². The molecule has 42 heavy (non-hydrogen) atoms. The molecule has 11 heteroatoms.